The molecule has 2 heterocycles. The SMILES string of the molecule is CCNC(=NCC(C(CC)CC)N1CCOCC1)NCCCn1cccn1. The van der Waals surface area contributed by atoms with Crippen LogP contribution >= 0.6 is 0 Å². The summed E-state index contributed by atoms with van der Waals surface area (Å²) in [6.45, 7) is 13.9. The fraction of sp³-hybridized carbons (Fsp3) is 0.800. The van der Waals surface area contributed by atoms with Gasteiger partial charge >= 0.3 is 0 Å². The Kier molecular flexibility index (Phi) is 10.2. The standard InChI is InChI=1S/C20H38N6O/c1-4-18(5-2)19(25-13-15-27-16-14-25)17-23-20(21-6-3)22-9-7-11-26-12-8-10-24-26/h8,10,12,18-19H,4-7,9,11,13-17H2,1-3H3,(H2,21,22,23). The number of nitrogens with zero attached hydrogens (tertiary/aromatic N) is 4. The zero-order valence-electron chi connectivity index (χ0n) is 17.4. The highest BCUT2D eigenvalue weighted by Crippen LogP contribution is 2.20. The monoisotopic (exact) mass is 378 g/mol. The minimum atomic E-state index is 0.489. The number of morpholine rings is 1. The fourth-order valence-corrected chi connectivity index (χ4v) is 3.71. The number of aliphatic imine (C=N–C) groups is 1. The molecule has 1 unspecified atom stereocenters. The predicted octanol–water partition coefficient (Wildman–Crippen LogP) is 1.97. The maximum absolute atomic E-state index is 5.55. The van der Waals surface area contributed by atoms with Crippen LogP contribution in [-0.2, 0) is 11.3 Å². The number of aryl methyl sites for hydroxylation is 1. The summed E-state index contributed by atoms with van der Waals surface area (Å²) in [4.78, 5) is 7.51. The topological polar surface area (TPSA) is 66.7 Å². The second-order valence-corrected chi connectivity index (χ2v) is 7.06. The van der Waals surface area contributed by atoms with Gasteiger partial charge in [-0.05, 0) is 25.3 Å². The second kappa shape index (κ2) is 12.7. The molecule has 0 bridgehead atoms. The van der Waals surface area contributed by atoms with Crippen molar-refractivity contribution in [3.63, 3.8) is 0 Å². The van der Waals surface area contributed by atoms with E-state index in [4.69, 9.17) is 9.73 Å². The Morgan fingerprint density at radius 2 is 1.96 bits per heavy atom. The van der Waals surface area contributed by atoms with Crippen molar-refractivity contribution < 1.29 is 4.74 Å². The molecule has 2 N–H and O–H groups in total. The Bertz CT molecular complexity index is 509. The molecule has 154 valence electrons. The van der Waals surface area contributed by atoms with Crippen molar-refractivity contribution in [3.05, 3.63) is 18.5 Å². The Hall–Kier alpha value is -1.60. The van der Waals surface area contributed by atoms with E-state index in [1.807, 2.05) is 23.1 Å². The zero-order chi connectivity index (χ0) is 19.3. The fourth-order valence-electron chi connectivity index (χ4n) is 3.71. The van der Waals surface area contributed by atoms with Crippen molar-refractivity contribution in [1.29, 1.82) is 0 Å². The van der Waals surface area contributed by atoms with E-state index < -0.39 is 0 Å². The molecule has 7 nitrogen and oxygen atoms in total. The molecule has 0 radical (unpaired) electrons. The van der Waals surface area contributed by atoms with Crippen LogP contribution in [0.1, 0.15) is 40.0 Å². The lowest BCUT2D eigenvalue weighted by molar-refractivity contribution is 0.00395. The summed E-state index contributed by atoms with van der Waals surface area (Å²) in [7, 11) is 0. The number of ether oxygens (including phenoxy) is 1. The van der Waals surface area contributed by atoms with Crippen molar-refractivity contribution in [2.75, 3.05) is 45.9 Å². The smallest absolute Gasteiger partial charge is 0.191 e. The highest BCUT2D eigenvalue weighted by Gasteiger charge is 2.26. The normalized spacial score (nSPS) is 17.3. The van der Waals surface area contributed by atoms with Gasteiger partial charge in [0, 0.05) is 51.2 Å². The van der Waals surface area contributed by atoms with Gasteiger partial charge in [0.15, 0.2) is 5.96 Å². The van der Waals surface area contributed by atoms with E-state index in [0.717, 1.165) is 64.9 Å². The Morgan fingerprint density at radius 1 is 1.19 bits per heavy atom. The van der Waals surface area contributed by atoms with Crippen LogP contribution in [0.4, 0.5) is 0 Å². The molecule has 1 aliphatic heterocycles. The summed E-state index contributed by atoms with van der Waals surface area (Å²) >= 11 is 0. The van der Waals surface area contributed by atoms with Crippen LogP contribution < -0.4 is 10.6 Å². The molecule has 1 atom stereocenters. The molecule has 1 fully saturated rings. The van der Waals surface area contributed by atoms with Gasteiger partial charge in [-0.2, -0.15) is 5.10 Å². The molecule has 0 aliphatic carbocycles. The van der Waals surface area contributed by atoms with E-state index in [0.29, 0.717) is 12.0 Å². The van der Waals surface area contributed by atoms with E-state index in [2.05, 4.69) is 41.4 Å². The number of guanidine groups is 1. The third kappa shape index (κ3) is 7.50. The van der Waals surface area contributed by atoms with E-state index in [1.54, 1.807) is 0 Å². The molecule has 2 rings (SSSR count). The highest BCUT2D eigenvalue weighted by molar-refractivity contribution is 5.79. The van der Waals surface area contributed by atoms with Gasteiger partial charge in [0.05, 0.1) is 19.8 Å². The third-order valence-electron chi connectivity index (χ3n) is 5.30. The predicted molar refractivity (Wildman–Crippen MR) is 111 cm³/mol. The molecule has 1 aromatic heterocycles. The van der Waals surface area contributed by atoms with Gasteiger partial charge in [-0.15, -0.1) is 0 Å². The van der Waals surface area contributed by atoms with Crippen LogP contribution in [0.25, 0.3) is 0 Å². The van der Waals surface area contributed by atoms with Gasteiger partial charge in [0.25, 0.3) is 0 Å². The van der Waals surface area contributed by atoms with Crippen molar-refractivity contribution in [2.45, 2.75) is 52.6 Å². The van der Waals surface area contributed by atoms with Gasteiger partial charge in [0.1, 0.15) is 0 Å². The first-order chi connectivity index (χ1) is 13.3. The maximum Gasteiger partial charge on any atom is 0.191 e. The van der Waals surface area contributed by atoms with E-state index in [-0.39, 0.29) is 0 Å². The number of aromatic nitrogens is 2. The lowest BCUT2D eigenvalue weighted by atomic mass is 9.92. The van der Waals surface area contributed by atoms with Crippen LogP contribution in [0.5, 0.6) is 0 Å². The van der Waals surface area contributed by atoms with Crippen molar-refractivity contribution in [1.82, 2.24) is 25.3 Å². The molecule has 0 amide bonds. The first kappa shape index (κ1) is 21.7. The van der Waals surface area contributed by atoms with Crippen molar-refractivity contribution in [3.8, 4) is 0 Å². The summed E-state index contributed by atoms with van der Waals surface area (Å²) in [5.41, 5.74) is 0. The van der Waals surface area contributed by atoms with Crippen LogP contribution in [0.2, 0.25) is 0 Å². The third-order valence-corrected chi connectivity index (χ3v) is 5.30. The summed E-state index contributed by atoms with van der Waals surface area (Å²) in [6.07, 6.45) is 7.24. The molecule has 27 heavy (non-hydrogen) atoms. The van der Waals surface area contributed by atoms with E-state index in [9.17, 15) is 0 Å². The van der Waals surface area contributed by atoms with Crippen molar-refractivity contribution in [2.24, 2.45) is 10.9 Å². The summed E-state index contributed by atoms with van der Waals surface area (Å²) in [6, 6.07) is 2.45. The summed E-state index contributed by atoms with van der Waals surface area (Å²) in [5.74, 6) is 1.59. The Morgan fingerprint density at radius 3 is 2.59 bits per heavy atom. The molecule has 1 saturated heterocycles. The molecular weight excluding hydrogens is 340 g/mol. The molecule has 0 spiro atoms. The lowest BCUT2D eigenvalue weighted by Crippen LogP contribution is -2.49. The van der Waals surface area contributed by atoms with Crippen LogP contribution in [-0.4, -0.2) is 72.6 Å². The zero-order valence-corrected chi connectivity index (χ0v) is 17.4. The van der Waals surface area contributed by atoms with Gasteiger partial charge in [0.2, 0.25) is 0 Å². The van der Waals surface area contributed by atoms with E-state index in [1.165, 1.54) is 12.8 Å². The lowest BCUT2D eigenvalue weighted by Gasteiger charge is -2.38. The Balaban J connectivity index is 1.89. The van der Waals surface area contributed by atoms with Gasteiger partial charge in [-0.3, -0.25) is 14.6 Å². The molecule has 1 aliphatic rings. The van der Waals surface area contributed by atoms with Crippen molar-refractivity contribution >= 4 is 5.96 Å². The average molecular weight is 379 g/mol. The van der Waals surface area contributed by atoms with E-state index >= 15 is 0 Å². The molecular formula is C20H38N6O. The average Bonchev–Trinajstić information content (AvgIpc) is 3.22. The number of hydrogen-bond acceptors (Lipinski definition) is 4. The minimum Gasteiger partial charge on any atom is -0.379 e. The number of hydrogen-bond donors (Lipinski definition) is 2. The van der Waals surface area contributed by atoms with Crippen LogP contribution in [0.15, 0.2) is 23.5 Å². The minimum absolute atomic E-state index is 0.489. The summed E-state index contributed by atoms with van der Waals surface area (Å²) < 4.78 is 7.51. The van der Waals surface area contributed by atoms with Crippen LogP contribution in [0, 0.1) is 5.92 Å². The second-order valence-electron chi connectivity index (χ2n) is 7.06. The van der Waals surface area contributed by atoms with Crippen LogP contribution in [0.3, 0.4) is 0 Å². The first-order valence-electron chi connectivity index (χ1n) is 10.6. The molecule has 0 saturated carbocycles. The Labute approximate surface area is 164 Å². The molecule has 7 heteroatoms. The highest BCUT2D eigenvalue weighted by atomic mass is 16.5. The largest absolute Gasteiger partial charge is 0.379 e. The quantitative estimate of drug-likeness (QED) is 0.350. The summed E-state index contributed by atoms with van der Waals surface area (Å²) in [5, 5.41) is 11.1. The number of nitrogens with one attached hydrogen (secondary N) is 2. The first-order valence-corrected chi connectivity index (χ1v) is 10.6. The molecule has 0 aromatic carbocycles. The van der Waals surface area contributed by atoms with Gasteiger partial charge in [-0.1, -0.05) is 26.7 Å². The molecule has 1 aromatic rings. The van der Waals surface area contributed by atoms with Gasteiger partial charge < -0.3 is 15.4 Å². The van der Waals surface area contributed by atoms with Gasteiger partial charge in [-0.25, -0.2) is 0 Å². The maximum atomic E-state index is 5.55. The number of rotatable bonds is 11.